The van der Waals surface area contributed by atoms with Crippen LogP contribution in [0, 0.1) is 22.7 Å². The molecule has 4 nitrogen and oxygen atoms in total. The highest BCUT2D eigenvalue weighted by molar-refractivity contribution is 5.85. The van der Waals surface area contributed by atoms with E-state index in [1.165, 1.54) is 12.7 Å². The van der Waals surface area contributed by atoms with Gasteiger partial charge in [-0.25, -0.2) is 4.79 Å². The van der Waals surface area contributed by atoms with E-state index in [1.807, 2.05) is 0 Å². The number of cyclic esters (lactones) is 1. The van der Waals surface area contributed by atoms with Gasteiger partial charge in [-0.1, -0.05) is 25.5 Å². The van der Waals surface area contributed by atoms with Crippen molar-refractivity contribution >= 4 is 11.9 Å². The second kappa shape index (κ2) is 6.62. The molecule has 1 heterocycles. The lowest BCUT2D eigenvalue weighted by Gasteiger charge is -2.57. The van der Waals surface area contributed by atoms with Gasteiger partial charge in [0.15, 0.2) is 0 Å². The number of methoxy groups -OCH3 is 1. The van der Waals surface area contributed by atoms with E-state index in [9.17, 15) is 9.59 Å². The number of hydrogen-bond donors (Lipinski definition) is 0. The zero-order valence-corrected chi connectivity index (χ0v) is 15.7. The zero-order valence-electron chi connectivity index (χ0n) is 15.7. The number of rotatable bonds is 4. The van der Waals surface area contributed by atoms with Gasteiger partial charge >= 0.3 is 11.9 Å². The molecule has 0 aromatic heterocycles. The largest absolute Gasteiger partial charge is 0.469 e. The molecule has 0 radical (unpaired) electrons. The third-order valence-electron chi connectivity index (χ3n) is 7.15. The first-order valence-corrected chi connectivity index (χ1v) is 9.43. The number of carbonyl (C=O) groups is 2. The van der Waals surface area contributed by atoms with Gasteiger partial charge in [0, 0.05) is 6.08 Å². The van der Waals surface area contributed by atoms with E-state index >= 15 is 0 Å². The molecule has 0 spiro atoms. The maximum Gasteiger partial charge on any atom is 0.331 e. The summed E-state index contributed by atoms with van der Waals surface area (Å²) in [5, 5.41) is 0. The molecule has 4 atom stereocenters. The van der Waals surface area contributed by atoms with Crippen LogP contribution in [0.3, 0.4) is 0 Å². The molecule has 0 bridgehead atoms. The molecule has 2 aliphatic carbocycles. The van der Waals surface area contributed by atoms with E-state index in [2.05, 4.69) is 20.4 Å². The molecule has 0 N–H and O–H groups in total. The van der Waals surface area contributed by atoms with E-state index in [-0.39, 0.29) is 17.4 Å². The lowest BCUT2D eigenvalue weighted by molar-refractivity contribution is -0.168. The Bertz CT molecular complexity index is 619. The van der Waals surface area contributed by atoms with E-state index < -0.39 is 5.41 Å². The van der Waals surface area contributed by atoms with Gasteiger partial charge in [-0.15, -0.1) is 0 Å². The molecular formula is C21H30O4. The number of fused-ring (bicyclic) bond motifs is 1. The highest BCUT2D eigenvalue weighted by Crippen LogP contribution is 2.62. The van der Waals surface area contributed by atoms with Crippen molar-refractivity contribution in [3.05, 3.63) is 23.8 Å². The third-order valence-corrected chi connectivity index (χ3v) is 7.15. The summed E-state index contributed by atoms with van der Waals surface area (Å²) in [5.74, 6) is 0.420. The maximum absolute atomic E-state index is 12.6. The van der Waals surface area contributed by atoms with Crippen LogP contribution >= 0.6 is 0 Å². The van der Waals surface area contributed by atoms with E-state index in [1.54, 1.807) is 6.08 Å². The Morgan fingerprint density at radius 3 is 2.80 bits per heavy atom. The summed E-state index contributed by atoms with van der Waals surface area (Å²) in [6.45, 7) is 9.24. The normalized spacial score (nSPS) is 38.0. The first-order chi connectivity index (χ1) is 11.8. The Kier molecular flexibility index (Phi) is 4.82. The van der Waals surface area contributed by atoms with Crippen LogP contribution < -0.4 is 0 Å². The van der Waals surface area contributed by atoms with E-state index in [4.69, 9.17) is 9.47 Å². The molecule has 25 heavy (non-hydrogen) atoms. The summed E-state index contributed by atoms with van der Waals surface area (Å²) >= 11 is 0. The average molecular weight is 346 g/mol. The van der Waals surface area contributed by atoms with Crippen molar-refractivity contribution in [3.8, 4) is 0 Å². The fourth-order valence-electron chi connectivity index (χ4n) is 5.85. The Labute approximate surface area is 150 Å². The van der Waals surface area contributed by atoms with Crippen molar-refractivity contribution in [2.24, 2.45) is 22.7 Å². The quantitative estimate of drug-likeness (QED) is 0.565. The average Bonchev–Trinajstić information content (AvgIpc) is 2.98. The SMILES string of the molecule is C=C1CC[C@H]2[C@@](C)(CCC[C@]2(C)C(=O)OC)[C@@H]1CCC1=CC(=O)OC1. The first-order valence-electron chi connectivity index (χ1n) is 9.43. The van der Waals surface area contributed by atoms with E-state index in [0.717, 1.165) is 50.5 Å². The molecule has 2 fully saturated rings. The highest BCUT2D eigenvalue weighted by atomic mass is 16.5. The topological polar surface area (TPSA) is 52.6 Å². The van der Waals surface area contributed by atoms with Crippen LogP contribution in [-0.2, 0) is 19.1 Å². The van der Waals surface area contributed by atoms with E-state index in [0.29, 0.717) is 18.4 Å². The molecule has 2 saturated carbocycles. The summed E-state index contributed by atoms with van der Waals surface area (Å²) in [4.78, 5) is 23.9. The molecule has 4 heteroatoms. The predicted molar refractivity (Wildman–Crippen MR) is 95.7 cm³/mol. The highest BCUT2D eigenvalue weighted by Gasteiger charge is 2.57. The van der Waals surface area contributed by atoms with Crippen LogP contribution in [0.4, 0.5) is 0 Å². The fraction of sp³-hybridized carbons (Fsp3) is 0.714. The minimum atomic E-state index is -0.396. The molecule has 0 unspecified atom stereocenters. The van der Waals surface area contributed by atoms with Crippen LogP contribution in [0.15, 0.2) is 23.8 Å². The van der Waals surface area contributed by atoms with Crippen molar-refractivity contribution in [3.63, 3.8) is 0 Å². The van der Waals surface area contributed by atoms with Crippen LogP contribution in [0.5, 0.6) is 0 Å². The molecule has 1 aliphatic heterocycles. The summed E-state index contributed by atoms with van der Waals surface area (Å²) < 4.78 is 10.2. The van der Waals surface area contributed by atoms with Crippen LogP contribution in [-0.4, -0.2) is 25.7 Å². The number of hydrogen-bond acceptors (Lipinski definition) is 4. The second-order valence-corrected chi connectivity index (χ2v) is 8.52. The standard InChI is InChI=1S/C21H30O4/c1-14-6-9-17-20(2,10-5-11-21(17,3)19(23)24-4)16(14)8-7-15-12-18(22)25-13-15/h12,16-17H,1,5-11,13H2,2-4H3/t16-,17+,20+,21+/m1/s1. The summed E-state index contributed by atoms with van der Waals surface area (Å²) in [5.41, 5.74) is 2.06. The predicted octanol–water partition coefficient (Wildman–Crippen LogP) is 4.20. The van der Waals surface area contributed by atoms with Gasteiger partial charge in [0.2, 0.25) is 0 Å². The molecule has 3 rings (SSSR count). The lowest BCUT2D eigenvalue weighted by Crippen LogP contribution is -2.53. The van der Waals surface area contributed by atoms with Gasteiger partial charge in [-0.05, 0) is 68.3 Å². The van der Waals surface area contributed by atoms with Gasteiger partial charge in [0.05, 0.1) is 12.5 Å². The van der Waals surface area contributed by atoms with Gasteiger partial charge in [0.1, 0.15) is 6.61 Å². The van der Waals surface area contributed by atoms with Gasteiger partial charge in [0.25, 0.3) is 0 Å². The summed E-state index contributed by atoms with van der Waals surface area (Å²) in [7, 11) is 1.50. The van der Waals surface area contributed by atoms with Gasteiger partial charge in [-0.3, -0.25) is 4.79 Å². The number of esters is 2. The Morgan fingerprint density at radius 2 is 2.16 bits per heavy atom. The van der Waals surface area contributed by atoms with Crippen molar-refractivity contribution in [2.45, 2.75) is 58.8 Å². The summed E-state index contributed by atoms with van der Waals surface area (Å²) in [6.07, 6.45) is 8.55. The Morgan fingerprint density at radius 1 is 1.40 bits per heavy atom. The molecule has 0 aromatic carbocycles. The number of allylic oxidation sites excluding steroid dienone is 1. The molecule has 0 amide bonds. The zero-order chi connectivity index (χ0) is 18.2. The third kappa shape index (κ3) is 3.04. The smallest absolute Gasteiger partial charge is 0.331 e. The first kappa shape index (κ1) is 18.2. The van der Waals surface area contributed by atoms with Crippen molar-refractivity contribution in [2.75, 3.05) is 13.7 Å². The van der Waals surface area contributed by atoms with Crippen LogP contribution in [0.2, 0.25) is 0 Å². The van der Waals surface area contributed by atoms with Crippen LogP contribution in [0.25, 0.3) is 0 Å². The molecule has 0 aromatic rings. The maximum atomic E-state index is 12.6. The molecular weight excluding hydrogens is 316 g/mol. The molecule has 0 saturated heterocycles. The van der Waals surface area contributed by atoms with Gasteiger partial charge < -0.3 is 9.47 Å². The van der Waals surface area contributed by atoms with Gasteiger partial charge in [-0.2, -0.15) is 0 Å². The fourth-order valence-corrected chi connectivity index (χ4v) is 5.85. The second-order valence-electron chi connectivity index (χ2n) is 8.52. The number of ether oxygens (including phenoxy) is 2. The lowest BCUT2D eigenvalue weighted by atomic mass is 9.46. The van der Waals surface area contributed by atoms with Crippen molar-refractivity contribution < 1.29 is 19.1 Å². The Balaban J connectivity index is 1.83. The van der Waals surface area contributed by atoms with Crippen molar-refractivity contribution in [1.29, 1.82) is 0 Å². The summed E-state index contributed by atoms with van der Waals surface area (Å²) in [6, 6.07) is 0. The van der Waals surface area contributed by atoms with Crippen molar-refractivity contribution in [1.82, 2.24) is 0 Å². The molecule has 3 aliphatic rings. The Hall–Kier alpha value is -1.58. The van der Waals surface area contributed by atoms with Crippen LogP contribution in [0.1, 0.15) is 58.8 Å². The number of carbonyl (C=O) groups excluding carboxylic acids is 2. The monoisotopic (exact) mass is 346 g/mol. The minimum absolute atomic E-state index is 0.0628. The molecule has 138 valence electrons. The minimum Gasteiger partial charge on any atom is -0.469 e.